The van der Waals surface area contributed by atoms with Crippen LogP contribution in [-0.2, 0) is 11.2 Å². The smallest absolute Gasteiger partial charge is 0.225 e. The van der Waals surface area contributed by atoms with Crippen molar-refractivity contribution in [1.82, 2.24) is 10.3 Å². The Bertz CT molecular complexity index is 1220. The summed E-state index contributed by atoms with van der Waals surface area (Å²) in [5.41, 5.74) is 2.78. The molecular formula is C26H21ClN2O2. The van der Waals surface area contributed by atoms with Gasteiger partial charge in [0, 0.05) is 17.1 Å². The van der Waals surface area contributed by atoms with Gasteiger partial charge in [0.05, 0.1) is 17.5 Å². The van der Waals surface area contributed by atoms with Gasteiger partial charge in [0.15, 0.2) is 0 Å². The van der Waals surface area contributed by atoms with E-state index >= 15 is 0 Å². The number of pyridine rings is 1. The molecule has 4 nitrogen and oxygen atoms in total. The van der Waals surface area contributed by atoms with Crippen LogP contribution in [0.1, 0.15) is 22.7 Å². The molecule has 0 radical (unpaired) electrons. The predicted molar refractivity (Wildman–Crippen MR) is 125 cm³/mol. The normalized spacial score (nSPS) is 12.2. The monoisotopic (exact) mass is 428 g/mol. The van der Waals surface area contributed by atoms with Crippen LogP contribution in [0, 0.1) is 0 Å². The number of halogens is 1. The summed E-state index contributed by atoms with van der Waals surface area (Å²) in [7, 11) is 0. The summed E-state index contributed by atoms with van der Waals surface area (Å²) in [5.74, 6) is -0.159. The molecule has 31 heavy (non-hydrogen) atoms. The number of phenols is 1. The lowest BCUT2D eigenvalue weighted by molar-refractivity contribution is -0.120. The number of phenolic OH excluding ortho intramolecular Hbond substituents is 1. The van der Waals surface area contributed by atoms with Crippen LogP contribution in [0.15, 0.2) is 91.1 Å². The second-order valence-corrected chi connectivity index (χ2v) is 7.58. The SMILES string of the molecule is O=C(Cc1ccccc1)NC(/C=C/c1ccccc1)c1cc(Cl)c2cccnc2c1O. The molecule has 5 heteroatoms. The Morgan fingerprint density at radius 2 is 1.74 bits per heavy atom. The Morgan fingerprint density at radius 3 is 2.48 bits per heavy atom. The number of hydrogen-bond acceptors (Lipinski definition) is 3. The molecule has 0 aliphatic heterocycles. The summed E-state index contributed by atoms with van der Waals surface area (Å²) in [6, 6.07) is 23.9. The zero-order valence-electron chi connectivity index (χ0n) is 16.7. The molecule has 0 saturated heterocycles. The number of rotatable bonds is 6. The van der Waals surface area contributed by atoms with Gasteiger partial charge in [-0.3, -0.25) is 9.78 Å². The first-order valence-electron chi connectivity index (χ1n) is 9.94. The third kappa shape index (κ3) is 4.93. The minimum Gasteiger partial charge on any atom is -0.505 e. The van der Waals surface area contributed by atoms with E-state index < -0.39 is 6.04 Å². The molecule has 4 rings (SSSR count). The number of nitrogens with one attached hydrogen (secondary N) is 1. The number of aromatic nitrogens is 1. The average molecular weight is 429 g/mol. The van der Waals surface area contributed by atoms with Crippen molar-refractivity contribution in [3.05, 3.63) is 113 Å². The quantitative estimate of drug-likeness (QED) is 0.413. The zero-order valence-corrected chi connectivity index (χ0v) is 17.5. The molecule has 0 saturated carbocycles. The highest BCUT2D eigenvalue weighted by Gasteiger charge is 2.20. The van der Waals surface area contributed by atoms with Gasteiger partial charge in [0.2, 0.25) is 5.91 Å². The van der Waals surface area contributed by atoms with E-state index in [2.05, 4.69) is 10.3 Å². The van der Waals surface area contributed by atoms with Crippen LogP contribution in [-0.4, -0.2) is 16.0 Å². The molecule has 1 amide bonds. The lowest BCUT2D eigenvalue weighted by Crippen LogP contribution is -2.29. The fraction of sp³-hybridized carbons (Fsp3) is 0.0769. The van der Waals surface area contributed by atoms with E-state index in [1.807, 2.05) is 72.8 Å². The first-order valence-corrected chi connectivity index (χ1v) is 10.3. The summed E-state index contributed by atoms with van der Waals surface area (Å²) in [6.07, 6.45) is 5.59. The van der Waals surface area contributed by atoms with Gasteiger partial charge in [-0.05, 0) is 29.3 Å². The maximum absolute atomic E-state index is 12.8. The maximum atomic E-state index is 12.8. The topological polar surface area (TPSA) is 62.2 Å². The summed E-state index contributed by atoms with van der Waals surface area (Å²) in [6.45, 7) is 0. The van der Waals surface area contributed by atoms with E-state index in [9.17, 15) is 9.90 Å². The van der Waals surface area contributed by atoms with Crippen molar-refractivity contribution in [1.29, 1.82) is 0 Å². The van der Waals surface area contributed by atoms with E-state index in [-0.39, 0.29) is 18.1 Å². The van der Waals surface area contributed by atoms with Crippen molar-refractivity contribution in [2.24, 2.45) is 0 Å². The number of carbonyl (C=O) groups excluding carboxylic acids is 1. The van der Waals surface area contributed by atoms with Crippen molar-refractivity contribution >= 4 is 34.5 Å². The molecule has 0 bridgehead atoms. The van der Waals surface area contributed by atoms with Gasteiger partial charge in [-0.2, -0.15) is 0 Å². The number of nitrogens with zero attached hydrogens (tertiary/aromatic N) is 1. The molecule has 4 aromatic rings. The van der Waals surface area contributed by atoms with Gasteiger partial charge in [-0.15, -0.1) is 0 Å². The molecule has 154 valence electrons. The van der Waals surface area contributed by atoms with Crippen LogP contribution >= 0.6 is 11.6 Å². The van der Waals surface area contributed by atoms with Crippen molar-refractivity contribution in [3.8, 4) is 5.75 Å². The van der Waals surface area contributed by atoms with Crippen LogP contribution in [0.2, 0.25) is 5.02 Å². The van der Waals surface area contributed by atoms with Crippen LogP contribution in [0.25, 0.3) is 17.0 Å². The molecule has 1 aromatic heterocycles. The molecule has 0 aliphatic carbocycles. The minimum atomic E-state index is -0.583. The molecule has 3 aromatic carbocycles. The van der Waals surface area contributed by atoms with Crippen LogP contribution in [0.3, 0.4) is 0 Å². The summed E-state index contributed by atoms with van der Waals surface area (Å²) in [5, 5.41) is 15.1. The summed E-state index contributed by atoms with van der Waals surface area (Å²) >= 11 is 6.47. The number of carbonyl (C=O) groups is 1. The first-order chi connectivity index (χ1) is 15.1. The highest BCUT2D eigenvalue weighted by Crippen LogP contribution is 2.36. The lowest BCUT2D eigenvalue weighted by atomic mass is 10.0. The Balaban J connectivity index is 1.70. The Hall–Kier alpha value is -3.63. The van der Waals surface area contributed by atoms with Gasteiger partial charge in [0.1, 0.15) is 11.3 Å². The third-order valence-electron chi connectivity index (χ3n) is 4.98. The molecule has 2 N–H and O–H groups in total. The fourth-order valence-electron chi connectivity index (χ4n) is 3.45. The second kappa shape index (κ2) is 9.45. The van der Waals surface area contributed by atoms with Crippen molar-refractivity contribution in [2.75, 3.05) is 0 Å². The van der Waals surface area contributed by atoms with Crippen LogP contribution < -0.4 is 5.32 Å². The van der Waals surface area contributed by atoms with Crippen LogP contribution in [0.4, 0.5) is 0 Å². The van der Waals surface area contributed by atoms with E-state index in [4.69, 9.17) is 11.6 Å². The molecule has 0 spiro atoms. The number of aromatic hydroxyl groups is 1. The largest absolute Gasteiger partial charge is 0.505 e. The molecule has 1 heterocycles. The highest BCUT2D eigenvalue weighted by molar-refractivity contribution is 6.35. The molecule has 0 aliphatic rings. The predicted octanol–water partition coefficient (Wildman–Crippen LogP) is 5.71. The van der Waals surface area contributed by atoms with E-state index in [0.717, 1.165) is 11.1 Å². The fourth-order valence-corrected chi connectivity index (χ4v) is 3.72. The first kappa shape index (κ1) is 20.6. The number of fused-ring (bicyclic) bond motifs is 1. The van der Waals surface area contributed by atoms with Crippen molar-refractivity contribution in [3.63, 3.8) is 0 Å². The summed E-state index contributed by atoms with van der Waals surface area (Å²) in [4.78, 5) is 17.1. The Morgan fingerprint density at radius 1 is 1.03 bits per heavy atom. The third-order valence-corrected chi connectivity index (χ3v) is 5.30. The lowest BCUT2D eigenvalue weighted by Gasteiger charge is -2.19. The number of benzene rings is 3. The van der Waals surface area contributed by atoms with Crippen molar-refractivity contribution < 1.29 is 9.90 Å². The minimum absolute atomic E-state index is 0.00252. The second-order valence-electron chi connectivity index (χ2n) is 7.17. The summed E-state index contributed by atoms with van der Waals surface area (Å²) < 4.78 is 0. The molecule has 0 fully saturated rings. The van der Waals surface area contributed by atoms with Crippen molar-refractivity contribution in [2.45, 2.75) is 12.5 Å². The van der Waals surface area contributed by atoms with E-state index in [1.54, 1.807) is 24.4 Å². The maximum Gasteiger partial charge on any atom is 0.225 e. The van der Waals surface area contributed by atoms with Gasteiger partial charge in [-0.25, -0.2) is 0 Å². The zero-order chi connectivity index (χ0) is 21.6. The number of amides is 1. The van der Waals surface area contributed by atoms with Gasteiger partial charge in [-0.1, -0.05) is 84.4 Å². The molecule has 1 unspecified atom stereocenters. The van der Waals surface area contributed by atoms with Gasteiger partial charge in [0.25, 0.3) is 0 Å². The van der Waals surface area contributed by atoms with E-state index in [0.29, 0.717) is 21.5 Å². The molecular weight excluding hydrogens is 408 g/mol. The number of hydrogen-bond donors (Lipinski definition) is 2. The highest BCUT2D eigenvalue weighted by atomic mass is 35.5. The average Bonchev–Trinajstić information content (AvgIpc) is 2.80. The standard InChI is InChI=1S/C26H21ClN2O2/c27-22-17-21(26(31)25-20(22)12-7-15-28-25)23(14-13-18-8-3-1-4-9-18)29-24(30)16-19-10-5-2-6-11-19/h1-15,17,23,31H,16H2,(H,29,30)/b14-13+. The van der Waals surface area contributed by atoms with Crippen LogP contribution in [0.5, 0.6) is 5.75 Å². The molecule has 1 atom stereocenters. The Kier molecular flexibility index (Phi) is 6.29. The van der Waals surface area contributed by atoms with Gasteiger partial charge >= 0.3 is 0 Å². The Labute approximate surface area is 185 Å². The van der Waals surface area contributed by atoms with E-state index in [1.165, 1.54) is 0 Å². The van der Waals surface area contributed by atoms with Gasteiger partial charge < -0.3 is 10.4 Å².